The lowest BCUT2D eigenvalue weighted by atomic mass is 9.87. The Morgan fingerprint density at radius 2 is 2.00 bits per heavy atom. The number of carbonyl (C=O) groups excluding carboxylic acids is 1. The highest BCUT2D eigenvalue weighted by atomic mass is 19.4. The van der Waals surface area contributed by atoms with Crippen molar-refractivity contribution in [2.75, 3.05) is 20.1 Å². The number of amides is 1. The molecule has 2 aromatic rings. The van der Waals surface area contributed by atoms with Gasteiger partial charge in [0.2, 0.25) is 5.91 Å². The maximum absolute atomic E-state index is 12.9. The number of likely N-dealkylation sites (N-methyl/N-ethyl adjacent to an activating group) is 1. The molecule has 0 bridgehead atoms. The fraction of sp³-hybridized carbons (Fsp3) is 0.450. The molecule has 1 aromatic carbocycles. The largest absolute Gasteiger partial charge is 0.467 e. The van der Waals surface area contributed by atoms with Crippen LogP contribution in [0.2, 0.25) is 0 Å². The summed E-state index contributed by atoms with van der Waals surface area (Å²) in [4.78, 5) is 15.3. The van der Waals surface area contributed by atoms with Crippen molar-refractivity contribution in [3.8, 4) is 0 Å². The third-order valence-electron chi connectivity index (χ3n) is 4.90. The van der Waals surface area contributed by atoms with Gasteiger partial charge in [0.05, 0.1) is 19.4 Å². The summed E-state index contributed by atoms with van der Waals surface area (Å²) in [5, 5.41) is 0. The first-order valence-electron chi connectivity index (χ1n) is 8.98. The van der Waals surface area contributed by atoms with Crippen LogP contribution in [-0.4, -0.2) is 42.0 Å². The molecule has 4 nitrogen and oxygen atoms in total. The summed E-state index contributed by atoms with van der Waals surface area (Å²) >= 11 is 0. The lowest BCUT2D eigenvalue weighted by Crippen LogP contribution is -2.44. The second-order valence-electron chi connectivity index (χ2n) is 6.97. The van der Waals surface area contributed by atoms with Crippen molar-refractivity contribution >= 4 is 5.91 Å². The van der Waals surface area contributed by atoms with Crippen molar-refractivity contribution in [2.45, 2.75) is 38.0 Å². The van der Waals surface area contributed by atoms with Gasteiger partial charge in [0.15, 0.2) is 0 Å². The zero-order chi connectivity index (χ0) is 19.4. The molecule has 0 N–H and O–H groups in total. The van der Waals surface area contributed by atoms with Gasteiger partial charge in [-0.1, -0.05) is 24.3 Å². The highest BCUT2D eigenvalue weighted by molar-refractivity contribution is 5.78. The van der Waals surface area contributed by atoms with Crippen molar-refractivity contribution in [1.82, 2.24) is 9.80 Å². The van der Waals surface area contributed by atoms with Gasteiger partial charge in [-0.25, -0.2) is 0 Å². The molecule has 7 heteroatoms. The van der Waals surface area contributed by atoms with Crippen molar-refractivity contribution < 1.29 is 22.4 Å². The Kier molecular flexibility index (Phi) is 5.89. The second-order valence-corrected chi connectivity index (χ2v) is 6.97. The molecule has 146 valence electrons. The smallest absolute Gasteiger partial charge is 0.406 e. The van der Waals surface area contributed by atoms with E-state index in [9.17, 15) is 18.0 Å². The van der Waals surface area contributed by atoms with Gasteiger partial charge in [-0.3, -0.25) is 9.69 Å². The van der Waals surface area contributed by atoms with Crippen molar-refractivity contribution in [2.24, 2.45) is 0 Å². The highest BCUT2D eigenvalue weighted by Gasteiger charge is 2.34. The van der Waals surface area contributed by atoms with E-state index < -0.39 is 18.6 Å². The second kappa shape index (κ2) is 8.17. The Hall–Kier alpha value is -2.28. The normalized spacial score (nSPS) is 17.0. The molecular formula is C20H23F3N2O2. The Balaban J connectivity index is 1.71. The van der Waals surface area contributed by atoms with Gasteiger partial charge >= 0.3 is 6.18 Å². The Bertz CT molecular complexity index is 759. The molecule has 3 rings (SSSR count). The maximum Gasteiger partial charge on any atom is 0.406 e. The van der Waals surface area contributed by atoms with E-state index in [2.05, 4.69) is 6.07 Å². The number of furan rings is 1. The van der Waals surface area contributed by atoms with E-state index in [0.717, 1.165) is 29.7 Å². The van der Waals surface area contributed by atoms with Crippen molar-refractivity contribution in [3.05, 3.63) is 59.5 Å². The maximum atomic E-state index is 12.9. The molecule has 1 aliphatic carbocycles. The monoisotopic (exact) mass is 380 g/mol. The molecule has 0 fully saturated rings. The van der Waals surface area contributed by atoms with Crippen LogP contribution in [0.25, 0.3) is 0 Å². The van der Waals surface area contributed by atoms with E-state index in [1.165, 1.54) is 11.8 Å². The van der Waals surface area contributed by atoms with E-state index in [1.807, 2.05) is 23.1 Å². The van der Waals surface area contributed by atoms with E-state index in [-0.39, 0.29) is 19.1 Å². The lowest BCUT2D eigenvalue weighted by Gasteiger charge is -2.34. The first-order chi connectivity index (χ1) is 12.8. The third-order valence-corrected chi connectivity index (χ3v) is 4.90. The molecule has 0 unspecified atom stereocenters. The zero-order valence-corrected chi connectivity index (χ0v) is 15.2. The van der Waals surface area contributed by atoms with Crippen LogP contribution in [0.5, 0.6) is 0 Å². The predicted molar refractivity (Wildman–Crippen MR) is 94.9 cm³/mol. The molecule has 1 amide bonds. The summed E-state index contributed by atoms with van der Waals surface area (Å²) in [5.74, 6) is -0.229. The summed E-state index contributed by atoms with van der Waals surface area (Å²) in [6.45, 7) is -1.56. The van der Waals surface area contributed by atoms with Crippen molar-refractivity contribution in [1.29, 1.82) is 0 Å². The standard InChI is InChI=1S/C20H23F3N2O2/c1-24(18-10-4-7-15-6-2-3-9-17(15)18)13-19(26)25(14-20(21,22)23)12-16-8-5-11-27-16/h2-3,5-6,8-9,11,18H,4,7,10,12-14H2,1H3/t18-/m0/s1. The summed E-state index contributed by atoms with van der Waals surface area (Å²) in [6.07, 6.45) is -0.195. The Morgan fingerprint density at radius 3 is 2.70 bits per heavy atom. The minimum Gasteiger partial charge on any atom is -0.467 e. The number of fused-ring (bicyclic) bond motifs is 1. The molecule has 27 heavy (non-hydrogen) atoms. The number of nitrogens with zero attached hydrogens (tertiary/aromatic N) is 2. The summed E-state index contributed by atoms with van der Waals surface area (Å²) in [6, 6.07) is 11.3. The van der Waals surface area contributed by atoms with Crippen LogP contribution >= 0.6 is 0 Å². The molecule has 1 aromatic heterocycles. The van der Waals surface area contributed by atoms with Crippen LogP contribution in [0.1, 0.15) is 35.8 Å². The SMILES string of the molecule is CN(CC(=O)N(Cc1ccco1)CC(F)(F)F)[C@H]1CCCc2ccccc21. The Labute approximate surface area is 156 Å². The quantitative estimate of drug-likeness (QED) is 0.754. The molecule has 0 aliphatic heterocycles. The van der Waals surface area contributed by atoms with Gasteiger partial charge in [0.1, 0.15) is 12.3 Å². The van der Waals surface area contributed by atoms with Crippen LogP contribution in [0, 0.1) is 0 Å². The van der Waals surface area contributed by atoms with Gasteiger partial charge in [-0.2, -0.15) is 13.2 Å². The summed E-state index contributed by atoms with van der Waals surface area (Å²) < 4.78 is 44.0. The number of halogens is 3. The van der Waals surface area contributed by atoms with Crippen molar-refractivity contribution in [3.63, 3.8) is 0 Å². The van der Waals surface area contributed by atoms with Crippen LogP contribution in [0.4, 0.5) is 13.2 Å². The molecule has 0 radical (unpaired) electrons. The average Bonchev–Trinajstić information content (AvgIpc) is 3.12. The van der Waals surface area contributed by atoms with Gasteiger partial charge < -0.3 is 9.32 Å². The van der Waals surface area contributed by atoms with E-state index in [4.69, 9.17) is 4.42 Å². The Morgan fingerprint density at radius 1 is 1.22 bits per heavy atom. The molecule has 0 spiro atoms. The zero-order valence-electron chi connectivity index (χ0n) is 15.2. The minimum absolute atomic E-state index is 0.0373. The number of carbonyl (C=O) groups is 1. The number of benzene rings is 1. The topological polar surface area (TPSA) is 36.7 Å². The summed E-state index contributed by atoms with van der Waals surface area (Å²) in [5.41, 5.74) is 2.41. The number of hydrogen-bond acceptors (Lipinski definition) is 3. The molecule has 0 saturated heterocycles. The first-order valence-corrected chi connectivity index (χ1v) is 8.98. The van der Waals surface area contributed by atoms with E-state index >= 15 is 0 Å². The average molecular weight is 380 g/mol. The highest BCUT2D eigenvalue weighted by Crippen LogP contribution is 2.33. The molecule has 1 heterocycles. The third kappa shape index (κ3) is 5.13. The van der Waals surface area contributed by atoms with E-state index in [1.54, 1.807) is 19.2 Å². The van der Waals surface area contributed by atoms with Crippen LogP contribution in [0.15, 0.2) is 47.1 Å². The number of aryl methyl sites for hydroxylation is 1. The molecule has 1 aliphatic rings. The minimum atomic E-state index is -4.46. The number of alkyl halides is 3. The fourth-order valence-corrected chi connectivity index (χ4v) is 3.65. The number of rotatable bonds is 6. The summed E-state index contributed by atoms with van der Waals surface area (Å²) in [7, 11) is 1.79. The van der Waals surface area contributed by atoms with Gasteiger partial charge in [0.25, 0.3) is 0 Å². The predicted octanol–water partition coefficient (Wildman–Crippen LogP) is 4.18. The number of hydrogen-bond donors (Lipinski definition) is 0. The van der Waals surface area contributed by atoms with Gasteiger partial charge in [-0.15, -0.1) is 0 Å². The molecular weight excluding hydrogens is 357 g/mol. The van der Waals surface area contributed by atoms with Crippen LogP contribution in [-0.2, 0) is 17.8 Å². The van der Waals surface area contributed by atoms with Gasteiger partial charge in [-0.05, 0) is 49.6 Å². The van der Waals surface area contributed by atoms with Crippen LogP contribution in [0.3, 0.4) is 0 Å². The first kappa shape index (κ1) is 19.5. The van der Waals surface area contributed by atoms with Gasteiger partial charge in [0, 0.05) is 6.04 Å². The molecule has 1 atom stereocenters. The lowest BCUT2D eigenvalue weighted by molar-refractivity contribution is -0.163. The van der Waals surface area contributed by atoms with E-state index in [0.29, 0.717) is 5.76 Å². The molecule has 0 saturated carbocycles. The van der Waals surface area contributed by atoms with Crippen LogP contribution < -0.4 is 0 Å². The fourth-order valence-electron chi connectivity index (χ4n) is 3.65.